The normalized spacial score (nSPS) is 14.3. The lowest BCUT2D eigenvalue weighted by atomic mass is 9.94. The first-order valence-electron chi connectivity index (χ1n) is 17.4. The Morgan fingerprint density at radius 1 is 0.776 bits per heavy atom. The lowest BCUT2D eigenvalue weighted by Crippen LogP contribution is -2.55. The van der Waals surface area contributed by atoms with Gasteiger partial charge >= 0.3 is 0 Å². The van der Waals surface area contributed by atoms with Crippen molar-refractivity contribution >= 4 is 27.5 Å². The molecule has 4 aromatic carbocycles. The predicted octanol–water partition coefficient (Wildman–Crippen LogP) is 7.71. The number of benzene rings is 4. The molecule has 0 aliphatic heterocycles. The largest absolute Gasteiger partial charge is 0.352 e. The van der Waals surface area contributed by atoms with Crippen LogP contribution in [0.4, 0.5) is 5.69 Å². The van der Waals surface area contributed by atoms with Gasteiger partial charge in [0.1, 0.15) is 12.6 Å². The summed E-state index contributed by atoms with van der Waals surface area (Å²) in [7, 11) is -4.15. The van der Waals surface area contributed by atoms with Crippen molar-refractivity contribution < 1.29 is 18.0 Å². The second-order valence-electron chi connectivity index (χ2n) is 13.6. The Bertz CT molecular complexity index is 1800. The second kappa shape index (κ2) is 16.3. The monoisotopic (exact) mass is 679 g/mol. The van der Waals surface area contributed by atoms with Crippen LogP contribution >= 0.6 is 0 Å². The number of amides is 2. The Morgan fingerprint density at radius 2 is 1.43 bits per heavy atom. The van der Waals surface area contributed by atoms with Gasteiger partial charge in [-0.2, -0.15) is 0 Å². The third-order valence-electron chi connectivity index (χ3n) is 9.39. The van der Waals surface area contributed by atoms with Gasteiger partial charge in [0.2, 0.25) is 11.8 Å². The molecule has 1 fully saturated rings. The third kappa shape index (κ3) is 9.38. The van der Waals surface area contributed by atoms with Crippen LogP contribution in [0.5, 0.6) is 0 Å². The number of carbonyl (C=O) groups excluding carboxylic acids is 2. The molecule has 1 aliphatic rings. The van der Waals surface area contributed by atoms with E-state index >= 15 is 0 Å². The molecule has 2 amide bonds. The van der Waals surface area contributed by atoms with Crippen molar-refractivity contribution in [3.63, 3.8) is 0 Å². The van der Waals surface area contributed by atoms with Crippen molar-refractivity contribution in [2.75, 3.05) is 10.8 Å². The number of carbonyl (C=O) groups is 2. The van der Waals surface area contributed by atoms with Crippen LogP contribution in [0.25, 0.3) is 0 Å². The fourth-order valence-corrected chi connectivity index (χ4v) is 7.91. The Kier molecular flexibility index (Phi) is 11.9. The molecule has 1 atom stereocenters. The van der Waals surface area contributed by atoms with Gasteiger partial charge in [-0.25, -0.2) is 8.42 Å². The van der Waals surface area contributed by atoms with Crippen LogP contribution in [0.2, 0.25) is 0 Å². The lowest BCUT2D eigenvalue weighted by Gasteiger charge is -2.35. The van der Waals surface area contributed by atoms with Crippen LogP contribution in [0.15, 0.2) is 108 Å². The summed E-state index contributed by atoms with van der Waals surface area (Å²) < 4.78 is 29.9. The lowest BCUT2D eigenvalue weighted by molar-refractivity contribution is -0.140. The number of nitrogens with zero attached hydrogens (tertiary/aromatic N) is 2. The van der Waals surface area contributed by atoms with Crippen molar-refractivity contribution in [3.8, 4) is 0 Å². The van der Waals surface area contributed by atoms with Crippen molar-refractivity contribution in [2.24, 2.45) is 0 Å². The Morgan fingerprint density at radius 3 is 2.06 bits per heavy atom. The second-order valence-corrected chi connectivity index (χ2v) is 15.5. The minimum absolute atomic E-state index is 0.0494. The molecule has 0 unspecified atom stereocenters. The minimum atomic E-state index is -4.15. The summed E-state index contributed by atoms with van der Waals surface area (Å²) in [5.74, 6) is -0.417. The van der Waals surface area contributed by atoms with Gasteiger partial charge in [0.25, 0.3) is 10.0 Å². The SMILES string of the molecule is Cc1ccc(S(=O)(=O)N(CC(=O)N(Cc2cccc(C)c2)[C@H](Cc2ccccc2)C(=O)NC2CCCCC2)c2ccc(C(C)C)cc2)cc1. The number of anilines is 1. The van der Waals surface area contributed by atoms with E-state index in [1.165, 1.54) is 4.31 Å². The van der Waals surface area contributed by atoms with Crippen LogP contribution in [0.1, 0.15) is 79.7 Å². The van der Waals surface area contributed by atoms with E-state index in [4.69, 9.17) is 0 Å². The van der Waals surface area contributed by atoms with Crippen LogP contribution in [0, 0.1) is 13.8 Å². The molecule has 1 aliphatic carbocycles. The first-order chi connectivity index (χ1) is 23.5. The van der Waals surface area contributed by atoms with Gasteiger partial charge in [-0.3, -0.25) is 13.9 Å². The van der Waals surface area contributed by atoms with Crippen molar-refractivity contribution in [3.05, 3.63) is 131 Å². The Hall–Kier alpha value is -4.43. The van der Waals surface area contributed by atoms with E-state index in [1.807, 2.05) is 80.6 Å². The number of nitrogens with one attached hydrogen (secondary N) is 1. The molecule has 1 N–H and O–H groups in total. The Balaban J connectivity index is 1.57. The molecule has 0 heterocycles. The molecule has 0 bridgehead atoms. The fraction of sp³-hybridized carbons (Fsp3) is 0.366. The molecule has 49 heavy (non-hydrogen) atoms. The maximum absolute atomic E-state index is 14.8. The molecular weight excluding hydrogens is 631 g/mol. The first-order valence-corrected chi connectivity index (χ1v) is 18.8. The molecule has 5 rings (SSSR count). The average molecular weight is 680 g/mol. The molecule has 4 aromatic rings. The van der Waals surface area contributed by atoms with E-state index in [-0.39, 0.29) is 29.3 Å². The first kappa shape index (κ1) is 35.9. The van der Waals surface area contributed by atoms with E-state index in [2.05, 4.69) is 19.2 Å². The molecule has 7 nitrogen and oxygen atoms in total. The summed E-state index contributed by atoms with van der Waals surface area (Å²) >= 11 is 0. The highest BCUT2D eigenvalue weighted by Gasteiger charge is 2.35. The molecule has 1 saturated carbocycles. The number of rotatable bonds is 13. The van der Waals surface area contributed by atoms with Gasteiger partial charge in [0.15, 0.2) is 0 Å². The van der Waals surface area contributed by atoms with E-state index in [9.17, 15) is 18.0 Å². The quantitative estimate of drug-likeness (QED) is 0.157. The number of hydrogen-bond donors (Lipinski definition) is 1. The summed E-state index contributed by atoms with van der Waals surface area (Å²) in [6.45, 7) is 7.73. The highest BCUT2D eigenvalue weighted by atomic mass is 32.2. The van der Waals surface area contributed by atoms with Gasteiger partial charge < -0.3 is 10.2 Å². The van der Waals surface area contributed by atoms with Crippen LogP contribution in [0.3, 0.4) is 0 Å². The van der Waals surface area contributed by atoms with Crippen molar-refractivity contribution in [1.29, 1.82) is 0 Å². The van der Waals surface area contributed by atoms with Crippen LogP contribution in [-0.2, 0) is 32.6 Å². The third-order valence-corrected chi connectivity index (χ3v) is 11.2. The maximum atomic E-state index is 14.8. The van der Waals surface area contributed by atoms with Crippen LogP contribution in [-0.4, -0.2) is 43.8 Å². The van der Waals surface area contributed by atoms with Gasteiger partial charge in [-0.05, 0) is 73.6 Å². The van der Waals surface area contributed by atoms with E-state index in [0.717, 1.165) is 59.9 Å². The maximum Gasteiger partial charge on any atom is 0.264 e. The molecule has 8 heteroatoms. The number of aryl methyl sites for hydroxylation is 2. The molecule has 258 valence electrons. The molecule has 0 radical (unpaired) electrons. The topological polar surface area (TPSA) is 86.8 Å². The minimum Gasteiger partial charge on any atom is -0.352 e. The molecule has 0 aromatic heterocycles. The van der Waals surface area contributed by atoms with E-state index in [1.54, 1.807) is 41.3 Å². The zero-order valence-corrected chi connectivity index (χ0v) is 30.0. The summed E-state index contributed by atoms with van der Waals surface area (Å²) in [5.41, 5.74) is 5.20. The highest BCUT2D eigenvalue weighted by Crippen LogP contribution is 2.28. The summed E-state index contributed by atoms with van der Waals surface area (Å²) in [4.78, 5) is 30.8. The van der Waals surface area contributed by atoms with Gasteiger partial charge in [0, 0.05) is 19.0 Å². The van der Waals surface area contributed by atoms with Gasteiger partial charge in [-0.1, -0.05) is 123 Å². The number of sulfonamides is 1. The van der Waals surface area contributed by atoms with Crippen molar-refractivity contribution in [1.82, 2.24) is 10.2 Å². The number of hydrogen-bond acceptors (Lipinski definition) is 4. The van der Waals surface area contributed by atoms with E-state index < -0.39 is 28.5 Å². The average Bonchev–Trinajstić information content (AvgIpc) is 3.09. The van der Waals surface area contributed by atoms with Crippen molar-refractivity contribution in [2.45, 2.75) is 95.7 Å². The summed E-state index contributed by atoms with van der Waals surface area (Å²) in [6, 6.07) is 30.7. The smallest absolute Gasteiger partial charge is 0.264 e. The molecule has 0 saturated heterocycles. The standard InChI is InChI=1S/C41H49N3O4S/c1-30(2)35-20-22-37(23-21-35)44(49(47,48)38-24-18-31(3)19-25-38)29-40(45)43(28-34-15-11-12-32(4)26-34)39(27-33-13-7-5-8-14-33)41(46)42-36-16-9-6-10-17-36/h5,7-8,11-15,18-26,30,36,39H,6,9-10,16-17,27-29H2,1-4H3,(H,42,46)/t39-/m1/s1. The highest BCUT2D eigenvalue weighted by molar-refractivity contribution is 7.92. The van der Waals surface area contributed by atoms with Gasteiger partial charge in [-0.15, -0.1) is 0 Å². The zero-order valence-electron chi connectivity index (χ0n) is 29.1. The molecule has 0 spiro atoms. The van der Waals surface area contributed by atoms with E-state index in [0.29, 0.717) is 12.1 Å². The Labute approximate surface area is 292 Å². The zero-order chi connectivity index (χ0) is 35.0. The molecular formula is C41H49N3O4S. The summed E-state index contributed by atoms with van der Waals surface area (Å²) in [6.07, 6.45) is 5.38. The van der Waals surface area contributed by atoms with Crippen LogP contribution < -0.4 is 9.62 Å². The summed E-state index contributed by atoms with van der Waals surface area (Å²) in [5, 5.41) is 3.27. The van der Waals surface area contributed by atoms with Gasteiger partial charge in [0.05, 0.1) is 10.6 Å². The predicted molar refractivity (Wildman–Crippen MR) is 197 cm³/mol. The fourth-order valence-electron chi connectivity index (χ4n) is 6.50.